The van der Waals surface area contributed by atoms with Crippen molar-refractivity contribution in [2.24, 2.45) is 0 Å². The summed E-state index contributed by atoms with van der Waals surface area (Å²) >= 11 is 2.98. The Morgan fingerprint density at radius 3 is 2.58 bits per heavy atom. The maximum atomic E-state index is 13.0. The maximum Gasteiger partial charge on any atom is 0.339 e. The molecule has 1 aromatic carbocycles. The van der Waals surface area contributed by atoms with Crippen molar-refractivity contribution in [1.82, 2.24) is 0 Å². The minimum absolute atomic E-state index is 0.271. The zero-order chi connectivity index (χ0) is 9.30. The van der Waals surface area contributed by atoms with Gasteiger partial charge in [0.05, 0.1) is 0 Å². The lowest BCUT2D eigenvalue weighted by molar-refractivity contribution is 0.0691. The molecule has 64 valence electrons. The molecule has 0 aliphatic rings. The second kappa shape index (κ2) is 3.23. The van der Waals surface area contributed by atoms with E-state index in [9.17, 15) is 9.18 Å². The molecule has 0 aliphatic heterocycles. The minimum Gasteiger partial charge on any atom is -0.478 e. The fraction of sp³-hybridized carbons (Fsp3) is 0.125. The summed E-state index contributed by atoms with van der Waals surface area (Å²) in [5.41, 5.74) is 0.366. The Morgan fingerprint density at radius 2 is 2.17 bits per heavy atom. The second-order valence-corrected chi connectivity index (χ2v) is 3.26. The third-order valence-electron chi connectivity index (χ3n) is 1.40. The largest absolute Gasteiger partial charge is 0.478 e. The summed E-state index contributed by atoms with van der Waals surface area (Å²) in [6.45, 7) is 1.69. The van der Waals surface area contributed by atoms with Gasteiger partial charge in [-0.05, 0) is 40.5 Å². The Morgan fingerprint density at radius 1 is 1.58 bits per heavy atom. The second-order valence-electron chi connectivity index (χ2n) is 2.41. The molecule has 0 saturated carbocycles. The van der Waals surface area contributed by atoms with Gasteiger partial charge in [0, 0.05) is 4.47 Å². The van der Waals surface area contributed by atoms with Crippen LogP contribution >= 0.6 is 15.9 Å². The molecule has 0 saturated heterocycles. The summed E-state index contributed by atoms with van der Waals surface area (Å²) in [4.78, 5) is 10.5. The number of aryl methyl sites for hydroxylation is 1. The van der Waals surface area contributed by atoms with Crippen LogP contribution < -0.4 is 0 Å². The molecule has 2 nitrogen and oxygen atoms in total. The minimum atomic E-state index is -1.26. The topological polar surface area (TPSA) is 37.3 Å². The van der Waals surface area contributed by atoms with Gasteiger partial charge in [-0.15, -0.1) is 0 Å². The van der Waals surface area contributed by atoms with Crippen LogP contribution in [0.25, 0.3) is 0 Å². The summed E-state index contributed by atoms with van der Waals surface area (Å²) in [5, 5.41) is 8.57. The molecule has 0 radical (unpaired) electrons. The summed E-state index contributed by atoms with van der Waals surface area (Å²) in [5.74, 6) is -1.98. The molecule has 1 aromatic rings. The van der Waals surface area contributed by atoms with E-state index >= 15 is 0 Å². The number of hydrogen-bond acceptors (Lipinski definition) is 1. The van der Waals surface area contributed by atoms with Crippen molar-refractivity contribution in [3.63, 3.8) is 0 Å². The van der Waals surface area contributed by atoms with Crippen LogP contribution in [0.5, 0.6) is 0 Å². The lowest BCUT2D eigenvalue weighted by Crippen LogP contribution is -2.02. The molecule has 0 unspecified atom stereocenters. The first-order valence-corrected chi connectivity index (χ1v) is 4.00. The molecule has 0 spiro atoms. The van der Waals surface area contributed by atoms with E-state index in [1.54, 1.807) is 13.0 Å². The van der Waals surface area contributed by atoms with E-state index in [1.807, 2.05) is 0 Å². The molecule has 1 rings (SSSR count). The van der Waals surface area contributed by atoms with E-state index in [-0.39, 0.29) is 10.0 Å². The van der Waals surface area contributed by atoms with Crippen molar-refractivity contribution >= 4 is 21.9 Å². The van der Waals surface area contributed by atoms with Crippen LogP contribution in [0.2, 0.25) is 0 Å². The molecular formula is C8H6BrFO2. The van der Waals surface area contributed by atoms with Gasteiger partial charge in [-0.2, -0.15) is 0 Å². The van der Waals surface area contributed by atoms with Gasteiger partial charge in [0.15, 0.2) is 0 Å². The van der Waals surface area contributed by atoms with Crippen molar-refractivity contribution < 1.29 is 14.3 Å². The first-order chi connectivity index (χ1) is 5.52. The zero-order valence-electron chi connectivity index (χ0n) is 6.27. The molecule has 0 aromatic heterocycles. The van der Waals surface area contributed by atoms with Crippen LogP contribution in [0, 0.1) is 12.7 Å². The van der Waals surface area contributed by atoms with Crippen molar-refractivity contribution in [1.29, 1.82) is 0 Å². The Balaban J connectivity index is 3.38. The summed E-state index contributed by atoms with van der Waals surface area (Å²) in [6.07, 6.45) is 0. The summed E-state index contributed by atoms with van der Waals surface area (Å²) in [6, 6.07) is 2.75. The van der Waals surface area contributed by atoms with Crippen molar-refractivity contribution in [2.75, 3.05) is 0 Å². The molecule has 1 N–H and O–H groups in total. The van der Waals surface area contributed by atoms with Gasteiger partial charge in [-0.25, -0.2) is 9.18 Å². The Kier molecular flexibility index (Phi) is 2.47. The molecular weight excluding hydrogens is 227 g/mol. The third-order valence-corrected chi connectivity index (χ3v) is 2.03. The predicted molar refractivity (Wildman–Crippen MR) is 45.8 cm³/mol. The average Bonchev–Trinajstić information content (AvgIpc) is 1.82. The number of aromatic carboxylic acids is 1. The van der Waals surface area contributed by atoms with E-state index in [4.69, 9.17) is 5.11 Å². The number of benzene rings is 1. The predicted octanol–water partition coefficient (Wildman–Crippen LogP) is 2.59. The van der Waals surface area contributed by atoms with Crippen LogP contribution in [-0.4, -0.2) is 11.1 Å². The maximum absolute atomic E-state index is 13.0. The average molecular weight is 233 g/mol. The molecule has 0 atom stereocenters. The van der Waals surface area contributed by atoms with Gasteiger partial charge in [-0.3, -0.25) is 0 Å². The standard InChI is InChI=1S/C8H6BrFO2/c1-4-2-5(9)7(8(11)12)6(10)3-4/h2-3H,1H3,(H,11,12). The van der Waals surface area contributed by atoms with Gasteiger partial charge >= 0.3 is 5.97 Å². The highest BCUT2D eigenvalue weighted by Crippen LogP contribution is 2.21. The van der Waals surface area contributed by atoms with Gasteiger partial charge in [0.2, 0.25) is 0 Å². The number of hydrogen-bond donors (Lipinski definition) is 1. The normalized spacial score (nSPS) is 9.92. The highest BCUT2D eigenvalue weighted by atomic mass is 79.9. The lowest BCUT2D eigenvalue weighted by atomic mass is 10.1. The van der Waals surface area contributed by atoms with Gasteiger partial charge in [0.25, 0.3) is 0 Å². The van der Waals surface area contributed by atoms with Crippen molar-refractivity contribution in [3.8, 4) is 0 Å². The number of carboxylic acids is 1. The molecule has 0 aliphatic carbocycles. The number of rotatable bonds is 1. The van der Waals surface area contributed by atoms with E-state index in [2.05, 4.69) is 15.9 Å². The first-order valence-electron chi connectivity index (χ1n) is 3.21. The lowest BCUT2D eigenvalue weighted by Gasteiger charge is -2.01. The zero-order valence-corrected chi connectivity index (χ0v) is 7.85. The Bertz CT molecular complexity index is 313. The first kappa shape index (κ1) is 9.19. The molecule has 12 heavy (non-hydrogen) atoms. The van der Waals surface area contributed by atoms with Crippen LogP contribution in [-0.2, 0) is 0 Å². The monoisotopic (exact) mass is 232 g/mol. The highest BCUT2D eigenvalue weighted by molar-refractivity contribution is 9.10. The number of halogens is 2. The SMILES string of the molecule is Cc1cc(F)c(C(=O)O)c(Br)c1. The van der Waals surface area contributed by atoms with E-state index in [0.717, 1.165) is 0 Å². The van der Waals surface area contributed by atoms with Gasteiger partial charge in [0.1, 0.15) is 11.4 Å². The number of carbonyl (C=O) groups is 1. The van der Waals surface area contributed by atoms with E-state index in [0.29, 0.717) is 5.56 Å². The molecule has 0 heterocycles. The Hall–Kier alpha value is -0.900. The van der Waals surface area contributed by atoms with Crippen LogP contribution in [0.15, 0.2) is 16.6 Å². The number of carboxylic acid groups (broad SMARTS) is 1. The Labute approximate surface area is 77.2 Å². The molecule has 0 amide bonds. The fourth-order valence-corrected chi connectivity index (χ4v) is 1.62. The highest BCUT2D eigenvalue weighted by Gasteiger charge is 2.14. The van der Waals surface area contributed by atoms with Crippen molar-refractivity contribution in [3.05, 3.63) is 33.5 Å². The smallest absolute Gasteiger partial charge is 0.339 e. The molecule has 4 heteroatoms. The van der Waals surface area contributed by atoms with Crippen LogP contribution in [0.3, 0.4) is 0 Å². The van der Waals surface area contributed by atoms with Gasteiger partial charge < -0.3 is 5.11 Å². The van der Waals surface area contributed by atoms with Crippen LogP contribution in [0.4, 0.5) is 4.39 Å². The van der Waals surface area contributed by atoms with E-state index in [1.165, 1.54) is 6.07 Å². The summed E-state index contributed by atoms with van der Waals surface area (Å²) < 4.78 is 13.2. The molecule has 0 fully saturated rings. The van der Waals surface area contributed by atoms with Crippen molar-refractivity contribution in [2.45, 2.75) is 6.92 Å². The summed E-state index contributed by atoms with van der Waals surface area (Å²) in [7, 11) is 0. The van der Waals surface area contributed by atoms with E-state index < -0.39 is 11.8 Å². The molecule has 0 bridgehead atoms. The third kappa shape index (κ3) is 1.64. The fourth-order valence-electron chi connectivity index (χ4n) is 0.904. The van der Waals surface area contributed by atoms with Crippen LogP contribution in [0.1, 0.15) is 15.9 Å². The quantitative estimate of drug-likeness (QED) is 0.809. The van der Waals surface area contributed by atoms with Gasteiger partial charge in [-0.1, -0.05) is 0 Å².